The van der Waals surface area contributed by atoms with Gasteiger partial charge in [-0.1, -0.05) is 0 Å². The Kier molecular flexibility index (Phi) is 5.15. The van der Waals surface area contributed by atoms with Crippen LogP contribution < -0.4 is 19.7 Å². The summed E-state index contributed by atoms with van der Waals surface area (Å²) in [5.41, 5.74) is 0.729. The summed E-state index contributed by atoms with van der Waals surface area (Å²) in [6, 6.07) is 7.47. The fourth-order valence-electron chi connectivity index (χ4n) is 4.00. The summed E-state index contributed by atoms with van der Waals surface area (Å²) < 4.78 is 13.1. The lowest BCUT2D eigenvalue weighted by atomic mass is 9.95. The minimum Gasteiger partial charge on any atom is -0.486 e. The number of piperidine rings is 1. The van der Waals surface area contributed by atoms with Crippen molar-refractivity contribution in [2.24, 2.45) is 5.92 Å². The zero-order valence-electron chi connectivity index (χ0n) is 17.3. The van der Waals surface area contributed by atoms with Crippen molar-refractivity contribution in [3.63, 3.8) is 0 Å². The van der Waals surface area contributed by atoms with Crippen molar-refractivity contribution in [3.8, 4) is 17.3 Å². The molecule has 160 valence electrons. The van der Waals surface area contributed by atoms with Crippen LogP contribution in [0.3, 0.4) is 0 Å². The predicted molar refractivity (Wildman–Crippen MR) is 115 cm³/mol. The third-order valence-corrected chi connectivity index (χ3v) is 5.71. The van der Waals surface area contributed by atoms with Gasteiger partial charge in [0.2, 0.25) is 5.91 Å². The summed E-state index contributed by atoms with van der Waals surface area (Å²) in [4.78, 5) is 28.0. The highest BCUT2D eigenvalue weighted by molar-refractivity contribution is 5.93. The van der Waals surface area contributed by atoms with Gasteiger partial charge in [0, 0.05) is 49.2 Å². The number of benzene rings is 1. The molecule has 9 heteroatoms. The molecule has 0 bridgehead atoms. The number of nitrogens with one attached hydrogen (secondary N) is 1. The second-order valence-corrected chi connectivity index (χ2v) is 7.69. The number of hydrogen-bond donors (Lipinski definition) is 1. The lowest BCUT2D eigenvalue weighted by Crippen LogP contribution is -2.38. The van der Waals surface area contributed by atoms with Crippen LogP contribution in [0, 0.1) is 12.8 Å². The molecule has 0 atom stereocenters. The fraction of sp³-hybridized carbons (Fsp3) is 0.364. The van der Waals surface area contributed by atoms with E-state index in [9.17, 15) is 4.79 Å². The standard InChI is InChI=1S/C22H24N6O3/c1-15-23-6-9-28(15)21-13-20(24-14-25-21)27-7-4-16(5-8-27)22(29)26-17-2-3-18-19(12-17)31-11-10-30-18/h2-3,6,9,12-14,16H,4-5,7-8,10-11H2,1H3,(H,26,29). The summed E-state index contributed by atoms with van der Waals surface area (Å²) in [6.45, 7) is 4.53. The Bertz CT molecular complexity index is 1090. The van der Waals surface area contributed by atoms with Gasteiger partial charge in [-0.25, -0.2) is 15.0 Å². The van der Waals surface area contributed by atoms with Crippen LogP contribution in [0.2, 0.25) is 0 Å². The second-order valence-electron chi connectivity index (χ2n) is 7.69. The molecule has 4 heterocycles. The maximum Gasteiger partial charge on any atom is 0.227 e. The lowest BCUT2D eigenvalue weighted by molar-refractivity contribution is -0.120. The molecule has 0 saturated carbocycles. The molecular weight excluding hydrogens is 396 g/mol. The van der Waals surface area contributed by atoms with Crippen molar-refractivity contribution in [3.05, 3.63) is 48.8 Å². The molecule has 5 rings (SSSR count). The molecule has 1 fully saturated rings. The van der Waals surface area contributed by atoms with Gasteiger partial charge in [0.1, 0.15) is 37.0 Å². The normalized spacial score (nSPS) is 16.2. The van der Waals surface area contributed by atoms with Gasteiger partial charge >= 0.3 is 0 Å². The van der Waals surface area contributed by atoms with Crippen molar-refractivity contribution in [1.82, 2.24) is 19.5 Å². The second kappa shape index (κ2) is 8.25. The number of carbonyl (C=O) groups excluding carboxylic acids is 1. The van der Waals surface area contributed by atoms with E-state index in [1.54, 1.807) is 12.5 Å². The molecule has 2 aliphatic heterocycles. The maximum atomic E-state index is 12.8. The summed E-state index contributed by atoms with van der Waals surface area (Å²) in [5, 5.41) is 3.02. The average Bonchev–Trinajstić information content (AvgIpc) is 3.25. The zero-order chi connectivity index (χ0) is 21.2. The van der Waals surface area contributed by atoms with Crippen molar-refractivity contribution in [2.45, 2.75) is 19.8 Å². The van der Waals surface area contributed by atoms with E-state index in [1.165, 1.54) is 0 Å². The van der Waals surface area contributed by atoms with Gasteiger partial charge in [-0.15, -0.1) is 0 Å². The molecule has 31 heavy (non-hydrogen) atoms. The van der Waals surface area contributed by atoms with Crippen molar-refractivity contribution in [1.29, 1.82) is 0 Å². The number of ether oxygens (including phenoxy) is 2. The number of imidazole rings is 1. The van der Waals surface area contributed by atoms with E-state index in [4.69, 9.17) is 9.47 Å². The van der Waals surface area contributed by atoms with E-state index < -0.39 is 0 Å². The minimum atomic E-state index is -0.0401. The van der Waals surface area contributed by atoms with Gasteiger partial charge in [-0.3, -0.25) is 9.36 Å². The van der Waals surface area contributed by atoms with E-state index in [-0.39, 0.29) is 11.8 Å². The number of fused-ring (bicyclic) bond motifs is 1. The molecular formula is C22H24N6O3. The SMILES string of the molecule is Cc1nccn1-c1cc(N2CCC(C(=O)Nc3ccc4c(c3)OCCO4)CC2)ncn1. The maximum absolute atomic E-state index is 12.8. The third kappa shape index (κ3) is 4.03. The topological polar surface area (TPSA) is 94.4 Å². The molecule has 1 N–H and O–H groups in total. The van der Waals surface area contributed by atoms with Gasteiger partial charge < -0.3 is 19.7 Å². The van der Waals surface area contributed by atoms with E-state index in [2.05, 4.69) is 25.2 Å². The van der Waals surface area contributed by atoms with Crippen LogP contribution in [-0.2, 0) is 4.79 Å². The van der Waals surface area contributed by atoms with Gasteiger partial charge in [0.05, 0.1) is 0 Å². The number of hydrogen-bond acceptors (Lipinski definition) is 7. The summed E-state index contributed by atoms with van der Waals surface area (Å²) in [7, 11) is 0. The Morgan fingerprint density at radius 1 is 1.03 bits per heavy atom. The first-order chi connectivity index (χ1) is 15.2. The molecule has 2 aliphatic rings. The molecule has 0 aliphatic carbocycles. The summed E-state index contributed by atoms with van der Waals surface area (Å²) in [6.07, 6.45) is 6.74. The smallest absolute Gasteiger partial charge is 0.227 e. The minimum absolute atomic E-state index is 0.0359. The van der Waals surface area contributed by atoms with Gasteiger partial charge in [0.15, 0.2) is 11.5 Å². The molecule has 3 aromatic rings. The predicted octanol–water partition coefficient (Wildman–Crippen LogP) is 2.60. The van der Waals surface area contributed by atoms with Crippen molar-refractivity contribution in [2.75, 3.05) is 36.5 Å². The Morgan fingerprint density at radius 2 is 1.81 bits per heavy atom. The van der Waals surface area contributed by atoms with Crippen LogP contribution >= 0.6 is 0 Å². The fourth-order valence-corrected chi connectivity index (χ4v) is 4.00. The molecule has 1 aromatic carbocycles. The van der Waals surface area contributed by atoms with Crippen molar-refractivity contribution >= 4 is 17.4 Å². The zero-order valence-corrected chi connectivity index (χ0v) is 17.3. The number of amides is 1. The van der Waals surface area contributed by atoms with E-state index in [0.717, 1.165) is 49.1 Å². The van der Waals surface area contributed by atoms with Crippen LogP contribution in [-0.4, -0.2) is 51.7 Å². The first kappa shape index (κ1) is 19.3. The molecule has 9 nitrogen and oxygen atoms in total. The Morgan fingerprint density at radius 3 is 2.58 bits per heavy atom. The molecule has 0 spiro atoms. The Labute approximate surface area is 180 Å². The molecule has 0 radical (unpaired) electrons. The van der Waals surface area contributed by atoms with Gasteiger partial charge in [-0.05, 0) is 31.9 Å². The number of nitrogens with zero attached hydrogens (tertiary/aromatic N) is 5. The number of carbonyl (C=O) groups is 1. The highest BCUT2D eigenvalue weighted by Gasteiger charge is 2.26. The largest absolute Gasteiger partial charge is 0.486 e. The van der Waals surface area contributed by atoms with Crippen LogP contribution in [0.15, 0.2) is 43.0 Å². The Balaban J connectivity index is 1.21. The molecule has 1 amide bonds. The highest BCUT2D eigenvalue weighted by atomic mass is 16.6. The van der Waals surface area contributed by atoms with E-state index >= 15 is 0 Å². The lowest BCUT2D eigenvalue weighted by Gasteiger charge is -2.32. The quantitative estimate of drug-likeness (QED) is 0.693. The number of anilines is 2. The highest BCUT2D eigenvalue weighted by Crippen LogP contribution is 2.33. The van der Waals surface area contributed by atoms with Crippen LogP contribution in [0.5, 0.6) is 11.5 Å². The first-order valence-corrected chi connectivity index (χ1v) is 10.5. The monoisotopic (exact) mass is 420 g/mol. The number of aryl methyl sites for hydroxylation is 1. The van der Waals surface area contributed by atoms with Crippen LogP contribution in [0.1, 0.15) is 18.7 Å². The van der Waals surface area contributed by atoms with Crippen molar-refractivity contribution < 1.29 is 14.3 Å². The summed E-state index contributed by atoms with van der Waals surface area (Å²) in [5.74, 6) is 3.91. The van der Waals surface area contributed by atoms with E-state index in [1.807, 2.05) is 42.0 Å². The molecule has 0 unspecified atom stereocenters. The Hall–Kier alpha value is -3.62. The third-order valence-electron chi connectivity index (χ3n) is 5.71. The van der Waals surface area contributed by atoms with Gasteiger partial charge in [0.25, 0.3) is 0 Å². The van der Waals surface area contributed by atoms with Crippen LogP contribution in [0.25, 0.3) is 5.82 Å². The molecule has 1 saturated heterocycles. The van der Waals surface area contributed by atoms with Gasteiger partial charge in [-0.2, -0.15) is 0 Å². The average molecular weight is 420 g/mol. The number of rotatable bonds is 4. The summed E-state index contributed by atoms with van der Waals surface area (Å²) >= 11 is 0. The molecule has 2 aromatic heterocycles. The van der Waals surface area contributed by atoms with Crippen LogP contribution in [0.4, 0.5) is 11.5 Å². The van der Waals surface area contributed by atoms with E-state index in [0.29, 0.717) is 24.7 Å². The number of aromatic nitrogens is 4. The first-order valence-electron chi connectivity index (χ1n) is 10.5.